The lowest BCUT2D eigenvalue weighted by molar-refractivity contribution is -0.161. The number of ether oxygens (including phenoxy) is 4. The van der Waals surface area contributed by atoms with Crippen molar-refractivity contribution in [3.63, 3.8) is 0 Å². The van der Waals surface area contributed by atoms with Crippen molar-refractivity contribution in [1.82, 2.24) is 0 Å². The summed E-state index contributed by atoms with van der Waals surface area (Å²) in [6.45, 7) is 11.9. The van der Waals surface area contributed by atoms with E-state index in [1.165, 1.54) is 180 Å². The van der Waals surface area contributed by atoms with Crippen molar-refractivity contribution < 1.29 is 80.2 Å². The molecule has 4 unspecified atom stereocenters. The van der Waals surface area contributed by atoms with Crippen molar-refractivity contribution in [2.45, 2.75) is 407 Å². The minimum Gasteiger partial charge on any atom is -0.462 e. The molecule has 0 aromatic heterocycles. The summed E-state index contributed by atoms with van der Waals surface area (Å²) in [5, 5.41) is 10.6. The summed E-state index contributed by atoms with van der Waals surface area (Å²) in [4.78, 5) is 72.9. The van der Waals surface area contributed by atoms with E-state index in [1.54, 1.807) is 0 Å². The number of carbonyl (C=O) groups is 4. The number of rotatable bonds is 76. The average molecular weight is 1450 g/mol. The third-order valence-electron chi connectivity index (χ3n) is 18.7. The van der Waals surface area contributed by atoms with Crippen LogP contribution in [0.4, 0.5) is 0 Å². The normalized spacial score (nSPS) is 14.7. The minimum atomic E-state index is -4.97. The molecule has 0 aliphatic heterocycles. The van der Waals surface area contributed by atoms with Gasteiger partial charge in [-0.3, -0.25) is 37.3 Å². The molecule has 584 valence electrons. The Kier molecular flexibility index (Phi) is 68.1. The molecule has 3 N–H and O–H groups in total. The summed E-state index contributed by atoms with van der Waals surface area (Å²) in [6.07, 6.45) is 60.6. The topological polar surface area (TPSA) is 237 Å². The predicted octanol–water partition coefficient (Wildman–Crippen LogP) is 23.3. The van der Waals surface area contributed by atoms with E-state index in [1.807, 2.05) is 0 Å². The summed E-state index contributed by atoms with van der Waals surface area (Å²) in [7, 11) is -9.93. The molecule has 0 saturated heterocycles. The summed E-state index contributed by atoms with van der Waals surface area (Å²) < 4.78 is 68.6. The smallest absolute Gasteiger partial charge is 0.462 e. The Hall–Kier alpha value is -2.46. The zero-order chi connectivity index (χ0) is 73.0. The van der Waals surface area contributed by atoms with E-state index in [4.69, 9.17) is 37.0 Å². The van der Waals surface area contributed by atoms with Gasteiger partial charge in [-0.15, -0.1) is 0 Å². The number of allylic oxidation sites excluding steroid dienone is 4. The average Bonchev–Trinajstić information content (AvgIpc) is 0.978. The Morgan fingerprint density at radius 2 is 0.596 bits per heavy atom. The molecule has 99 heavy (non-hydrogen) atoms. The Balaban J connectivity index is 5.22. The van der Waals surface area contributed by atoms with Gasteiger partial charge in [0, 0.05) is 25.7 Å². The number of phosphoric acid groups is 2. The lowest BCUT2D eigenvalue weighted by atomic mass is 9.99. The summed E-state index contributed by atoms with van der Waals surface area (Å²) >= 11 is 0. The molecule has 0 bridgehead atoms. The van der Waals surface area contributed by atoms with Gasteiger partial charge in [0.25, 0.3) is 0 Å². The first-order chi connectivity index (χ1) is 47.8. The van der Waals surface area contributed by atoms with Gasteiger partial charge in [-0.25, -0.2) is 9.13 Å². The standard InChI is InChI=1S/C80H152O17P2/c1-8-11-12-13-14-15-16-17-22-26-29-34-40-49-56-63-79(84)96-75(67-90-77(82)61-54-47-39-36-31-32-37-44-51-58-71(4)5)69-94-98(86,87)92-65-74(81)66-93-99(88,89)95-70-76(68-91-78(83)62-55-48-43-42-46-53-60-73(7)10-3)97-80(85)64-57-50-41-35-30-27-24-21-19-18-20-23-25-28-33-38-45-52-59-72(6)9-2/h15-17,22,71-76,81H,8-14,18-21,23-70H2,1-7H3,(H,86,87)(H,88,89)/b16-15-,22-17-/t72?,73?,74-,75-,76-/m1/s1. The monoisotopic (exact) mass is 1450 g/mol. The third-order valence-corrected chi connectivity index (χ3v) is 20.6. The van der Waals surface area contributed by atoms with Gasteiger partial charge in [0.15, 0.2) is 12.2 Å². The number of carbonyl (C=O) groups excluding carboxylic acids is 4. The van der Waals surface area contributed by atoms with Crippen LogP contribution >= 0.6 is 15.6 Å². The highest BCUT2D eigenvalue weighted by Gasteiger charge is 2.30. The van der Waals surface area contributed by atoms with Gasteiger partial charge in [0.05, 0.1) is 26.4 Å². The van der Waals surface area contributed by atoms with Crippen molar-refractivity contribution in [2.75, 3.05) is 39.6 Å². The fourth-order valence-electron chi connectivity index (χ4n) is 11.7. The van der Waals surface area contributed by atoms with Crippen molar-refractivity contribution in [3.8, 4) is 0 Å². The Morgan fingerprint density at radius 3 is 0.899 bits per heavy atom. The number of aliphatic hydroxyl groups is 1. The van der Waals surface area contributed by atoms with E-state index in [-0.39, 0.29) is 25.7 Å². The number of unbranched alkanes of at least 4 members (excludes halogenated alkanes) is 39. The molecule has 7 atom stereocenters. The van der Waals surface area contributed by atoms with Crippen LogP contribution in [-0.4, -0.2) is 96.7 Å². The SMILES string of the molecule is CCCCCC/C=C\C=C/CCCCCCCC(=O)O[C@H](COC(=O)CCCCCCCCCCCC(C)C)COP(=O)(O)OC[C@@H](O)COP(=O)(O)OC[C@@H](COC(=O)CCCCCCCCC(C)CC)OC(=O)CCCCCCCCCCCCCCCCCCCCC(C)CC. The summed E-state index contributed by atoms with van der Waals surface area (Å²) in [6, 6.07) is 0. The van der Waals surface area contributed by atoms with Gasteiger partial charge in [-0.2, -0.15) is 0 Å². The maximum Gasteiger partial charge on any atom is 0.472 e. The fourth-order valence-corrected chi connectivity index (χ4v) is 13.3. The number of aliphatic hydroxyl groups excluding tert-OH is 1. The van der Waals surface area contributed by atoms with Gasteiger partial charge < -0.3 is 33.8 Å². The molecule has 17 nitrogen and oxygen atoms in total. The van der Waals surface area contributed by atoms with Gasteiger partial charge >= 0.3 is 39.5 Å². The van der Waals surface area contributed by atoms with Crippen LogP contribution in [0, 0.1) is 17.8 Å². The predicted molar refractivity (Wildman–Crippen MR) is 404 cm³/mol. The molecular formula is C80H152O17P2. The highest BCUT2D eigenvalue weighted by atomic mass is 31.2. The van der Waals surface area contributed by atoms with E-state index >= 15 is 0 Å². The van der Waals surface area contributed by atoms with Crippen LogP contribution in [0.2, 0.25) is 0 Å². The third kappa shape index (κ3) is 71.0. The second-order valence-electron chi connectivity index (χ2n) is 29.1. The number of phosphoric ester groups is 2. The van der Waals surface area contributed by atoms with Crippen molar-refractivity contribution in [1.29, 1.82) is 0 Å². The zero-order valence-corrected chi connectivity index (χ0v) is 66.2. The molecule has 0 aromatic carbocycles. The first kappa shape index (κ1) is 96.5. The molecule has 0 heterocycles. The molecule has 0 saturated carbocycles. The Morgan fingerprint density at radius 1 is 0.333 bits per heavy atom. The first-order valence-electron chi connectivity index (χ1n) is 40.7. The maximum atomic E-state index is 13.1. The number of esters is 4. The van der Waals surface area contributed by atoms with Gasteiger partial charge in [0.1, 0.15) is 19.3 Å². The van der Waals surface area contributed by atoms with Crippen LogP contribution in [-0.2, 0) is 65.4 Å². The molecule has 0 amide bonds. The molecule has 0 spiro atoms. The summed E-state index contributed by atoms with van der Waals surface area (Å²) in [5.41, 5.74) is 0. The molecule has 0 rings (SSSR count). The zero-order valence-electron chi connectivity index (χ0n) is 64.4. The van der Waals surface area contributed by atoms with Gasteiger partial charge in [0.2, 0.25) is 0 Å². The molecule has 0 radical (unpaired) electrons. The minimum absolute atomic E-state index is 0.0844. The summed E-state index contributed by atoms with van der Waals surface area (Å²) in [5.74, 6) is 0.194. The maximum absolute atomic E-state index is 13.1. The Bertz CT molecular complexity index is 2020. The lowest BCUT2D eigenvalue weighted by Crippen LogP contribution is -2.30. The second kappa shape index (κ2) is 69.9. The van der Waals surface area contributed by atoms with E-state index in [0.29, 0.717) is 25.7 Å². The van der Waals surface area contributed by atoms with E-state index in [0.717, 1.165) is 127 Å². The first-order valence-corrected chi connectivity index (χ1v) is 43.7. The van der Waals surface area contributed by atoms with Crippen molar-refractivity contribution in [3.05, 3.63) is 24.3 Å². The van der Waals surface area contributed by atoms with Crippen LogP contribution in [0.3, 0.4) is 0 Å². The number of hydrogen-bond donors (Lipinski definition) is 3. The van der Waals surface area contributed by atoms with Gasteiger partial charge in [-0.05, 0) is 69.1 Å². The van der Waals surface area contributed by atoms with E-state index in [9.17, 15) is 43.2 Å². The Labute approximate surface area is 605 Å². The van der Waals surface area contributed by atoms with Crippen molar-refractivity contribution >= 4 is 39.5 Å². The van der Waals surface area contributed by atoms with E-state index in [2.05, 4.69) is 72.8 Å². The molecule has 19 heteroatoms. The molecule has 0 aromatic rings. The lowest BCUT2D eigenvalue weighted by Gasteiger charge is -2.21. The molecular weight excluding hydrogens is 1290 g/mol. The van der Waals surface area contributed by atoms with E-state index < -0.39 is 97.5 Å². The quantitative estimate of drug-likeness (QED) is 0.0169. The van der Waals surface area contributed by atoms with Crippen molar-refractivity contribution in [2.24, 2.45) is 17.8 Å². The fraction of sp³-hybridized carbons (Fsp3) is 0.900. The molecule has 0 aliphatic rings. The van der Waals surface area contributed by atoms with Crippen LogP contribution < -0.4 is 0 Å². The van der Waals surface area contributed by atoms with Crippen LogP contribution in [0.15, 0.2) is 24.3 Å². The largest absolute Gasteiger partial charge is 0.472 e. The molecule has 0 aliphatic carbocycles. The molecule has 0 fully saturated rings. The van der Waals surface area contributed by atoms with Crippen LogP contribution in [0.1, 0.15) is 389 Å². The van der Waals surface area contributed by atoms with Crippen LogP contribution in [0.25, 0.3) is 0 Å². The number of hydrogen-bond acceptors (Lipinski definition) is 15. The second-order valence-corrected chi connectivity index (χ2v) is 32.0. The highest BCUT2D eigenvalue weighted by Crippen LogP contribution is 2.45. The van der Waals surface area contributed by atoms with Gasteiger partial charge in [-0.1, -0.05) is 336 Å². The van der Waals surface area contributed by atoms with Crippen LogP contribution in [0.5, 0.6) is 0 Å². The highest BCUT2D eigenvalue weighted by molar-refractivity contribution is 7.47.